The molecule has 1 unspecified atom stereocenters. The number of hydrogen-bond acceptors (Lipinski definition) is 4. The van der Waals surface area contributed by atoms with Gasteiger partial charge in [-0.05, 0) is 25.5 Å². The molecule has 5 nitrogen and oxygen atoms in total. The number of fused-ring (bicyclic) bond motifs is 1. The zero-order valence-electron chi connectivity index (χ0n) is 15.3. The van der Waals surface area contributed by atoms with Crippen LogP contribution in [0.15, 0.2) is 67.4 Å². The van der Waals surface area contributed by atoms with Gasteiger partial charge in [0.1, 0.15) is 5.25 Å². The molecular weight excluding hydrogens is 362 g/mol. The van der Waals surface area contributed by atoms with Crippen LogP contribution in [-0.4, -0.2) is 25.0 Å². The maximum absolute atomic E-state index is 13.4. The fourth-order valence-corrected chi connectivity index (χ4v) is 4.71. The molecule has 0 bridgehead atoms. The second kappa shape index (κ2) is 7.40. The van der Waals surface area contributed by atoms with Crippen LogP contribution in [0.4, 0.5) is 0 Å². The molecule has 1 atom stereocenters. The average Bonchev–Trinajstić information content (AvgIpc) is 3.04. The summed E-state index contributed by atoms with van der Waals surface area (Å²) in [6.45, 7) is 7.58. The van der Waals surface area contributed by atoms with E-state index in [2.05, 4.69) is 6.58 Å². The van der Waals surface area contributed by atoms with Crippen LogP contribution in [0.25, 0.3) is 10.9 Å². The zero-order valence-corrected chi connectivity index (χ0v) is 16.1. The summed E-state index contributed by atoms with van der Waals surface area (Å²) < 4.78 is 33.0. The first-order chi connectivity index (χ1) is 12.9. The van der Waals surface area contributed by atoms with Crippen molar-refractivity contribution < 1.29 is 17.9 Å². The van der Waals surface area contributed by atoms with Crippen molar-refractivity contribution >= 4 is 26.9 Å². The van der Waals surface area contributed by atoms with E-state index in [4.69, 9.17) is 4.74 Å². The molecule has 0 amide bonds. The molecule has 3 aromatic rings. The van der Waals surface area contributed by atoms with Crippen LogP contribution in [0.3, 0.4) is 0 Å². The van der Waals surface area contributed by atoms with E-state index in [1.165, 1.54) is 12.3 Å². The Kier molecular flexibility index (Phi) is 5.19. The third-order valence-electron chi connectivity index (χ3n) is 4.39. The summed E-state index contributed by atoms with van der Waals surface area (Å²) in [6.07, 6.45) is 2.74. The lowest BCUT2D eigenvalue weighted by molar-refractivity contribution is 0.0528. The summed E-state index contributed by atoms with van der Waals surface area (Å²) in [5.41, 5.74) is 2.31. The normalized spacial score (nSPS) is 12.7. The summed E-state index contributed by atoms with van der Waals surface area (Å²) >= 11 is 0. The Labute approximate surface area is 158 Å². The van der Waals surface area contributed by atoms with Crippen molar-refractivity contribution in [2.24, 2.45) is 0 Å². The molecule has 6 heteroatoms. The van der Waals surface area contributed by atoms with Crippen molar-refractivity contribution in [2.75, 3.05) is 6.61 Å². The highest BCUT2D eigenvalue weighted by Crippen LogP contribution is 2.31. The molecule has 0 spiro atoms. The lowest BCUT2D eigenvalue weighted by Crippen LogP contribution is -2.19. The predicted molar refractivity (Wildman–Crippen MR) is 106 cm³/mol. The molecule has 140 valence electrons. The topological polar surface area (TPSA) is 65.4 Å². The summed E-state index contributed by atoms with van der Waals surface area (Å²) in [4.78, 5) is 12.3. The van der Waals surface area contributed by atoms with E-state index in [0.717, 1.165) is 9.54 Å². The van der Waals surface area contributed by atoms with Gasteiger partial charge in [-0.15, -0.1) is 6.58 Å². The largest absolute Gasteiger partial charge is 0.462 e. The Morgan fingerprint density at radius 3 is 2.48 bits per heavy atom. The number of rotatable bonds is 6. The SMILES string of the molecule is C=CC(c1ccc(C)cc1)S(=O)(=O)n1cc(C(=O)OCC)c2ccccc21. The van der Waals surface area contributed by atoms with Gasteiger partial charge in [0.2, 0.25) is 10.0 Å². The Balaban J connectivity index is 2.19. The van der Waals surface area contributed by atoms with Crippen LogP contribution in [0.5, 0.6) is 0 Å². The van der Waals surface area contributed by atoms with Gasteiger partial charge < -0.3 is 4.74 Å². The second-order valence-corrected chi connectivity index (χ2v) is 8.12. The van der Waals surface area contributed by atoms with Gasteiger partial charge in [0.15, 0.2) is 0 Å². The summed E-state index contributed by atoms with van der Waals surface area (Å²) in [6, 6.07) is 14.1. The molecule has 1 aromatic heterocycles. The first-order valence-corrected chi connectivity index (χ1v) is 10.1. The highest BCUT2D eigenvalue weighted by Gasteiger charge is 2.29. The van der Waals surface area contributed by atoms with Gasteiger partial charge in [-0.2, -0.15) is 0 Å². The van der Waals surface area contributed by atoms with Crippen LogP contribution >= 0.6 is 0 Å². The van der Waals surface area contributed by atoms with Crippen LogP contribution in [0, 0.1) is 6.92 Å². The van der Waals surface area contributed by atoms with Gasteiger partial charge in [-0.25, -0.2) is 17.2 Å². The smallest absolute Gasteiger partial charge is 0.340 e. The van der Waals surface area contributed by atoms with Crippen LogP contribution in [-0.2, 0) is 14.8 Å². The van der Waals surface area contributed by atoms with Gasteiger partial charge in [-0.1, -0.05) is 54.1 Å². The first-order valence-electron chi connectivity index (χ1n) is 8.61. The fraction of sp³-hybridized carbons (Fsp3) is 0.190. The van der Waals surface area contributed by atoms with Crippen molar-refractivity contribution in [1.29, 1.82) is 0 Å². The van der Waals surface area contributed by atoms with E-state index in [1.54, 1.807) is 43.3 Å². The minimum absolute atomic E-state index is 0.212. The molecule has 0 aliphatic heterocycles. The van der Waals surface area contributed by atoms with Gasteiger partial charge >= 0.3 is 5.97 Å². The highest BCUT2D eigenvalue weighted by atomic mass is 32.2. The monoisotopic (exact) mass is 383 g/mol. The summed E-state index contributed by atoms with van der Waals surface area (Å²) in [5.74, 6) is -0.548. The number of carbonyl (C=O) groups excluding carboxylic acids is 1. The minimum atomic E-state index is -3.88. The van der Waals surface area contributed by atoms with E-state index < -0.39 is 21.2 Å². The Hall–Kier alpha value is -2.86. The van der Waals surface area contributed by atoms with E-state index in [1.807, 2.05) is 19.1 Å². The molecule has 0 N–H and O–H groups in total. The molecule has 3 rings (SSSR count). The lowest BCUT2D eigenvalue weighted by Gasteiger charge is -2.16. The lowest BCUT2D eigenvalue weighted by atomic mass is 10.1. The minimum Gasteiger partial charge on any atom is -0.462 e. The first kappa shape index (κ1) is 18.9. The summed E-state index contributed by atoms with van der Waals surface area (Å²) in [5, 5.41) is -0.407. The van der Waals surface area contributed by atoms with Crippen molar-refractivity contribution in [2.45, 2.75) is 19.1 Å². The Bertz CT molecular complexity index is 1090. The van der Waals surface area contributed by atoms with Gasteiger partial charge in [0, 0.05) is 11.6 Å². The van der Waals surface area contributed by atoms with Crippen molar-refractivity contribution in [1.82, 2.24) is 3.97 Å². The number of para-hydroxylation sites is 1. The molecule has 0 saturated heterocycles. The van der Waals surface area contributed by atoms with E-state index in [-0.39, 0.29) is 12.2 Å². The maximum Gasteiger partial charge on any atom is 0.340 e. The third kappa shape index (κ3) is 3.40. The van der Waals surface area contributed by atoms with Crippen molar-refractivity contribution in [3.05, 3.63) is 84.1 Å². The number of ether oxygens (including phenoxy) is 1. The molecule has 0 aliphatic rings. The zero-order chi connectivity index (χ0) is 19.6. The van der Waals surface area contributed by atoms with Crippen LogP contribution in [0.2, 0.25) is 0 Å². The maximum atomic E-state index is 13.4. The van der Waals surface area contributed by atoms with Gasteiger partial charge in [0.25, 0.3) is 0 Å². The Morgan fingerprint density at radius 1 is 1.19 bits per heavy atom. The third-order valence-corrected chi connectivity index (χ3v) is 6.35. The van der Waals surface area contributed by atoms with Gasteiger partial charge in [0.05, 0.1) is 17.7 Å². The quantitative estimate of drug-likeness (QED) is 0.472. The number of nitrogens with zero attached hydrogens (tertiary/aromatic N) is 1. The molecule has 1 heterocycles. The number of benzene rings is 2. The molecule has 0 aliphatic carbocycles. The highest BCUT2D eigenvalue weighted by molar-refractivity contribution is 7.90. The average molecular weight is 383 g/mol. The van der Waals surface area contributed by atoms with Gasteiger partial charge in [-0.3, -0.25) is 0 Å². The van der Waals surface area contributed by atoms with E-state index in [0.29, 0.717) is 16.5 Å². The van der Waals surface area contributed by atoms with E-state index in [9.17, 15) is 13.2 Å². The molecule has 0 radical (unpaired) electrons. The molecule has 27 heavy (non-hydrogen) atoms. The van der Waals surface area contributed by atoms with Crippen LogP contribution < -0.4 is 0 Å². The fourth-order valence-electron chi connectivity index (χ4n) is 3.04. The summed E-state index contributed by atoms with van der Waals surface area (Å²) in [7, 11) is -3.88. The Morgan fingerprint density at radius 2 is 1.85 bits per heavy atom. The number of aryl methyl sites for hydroxylation is 1. The van der Waals surface area contributed by atoms with E-state index >= 15 is 0 Å². The number of aromatic nitrogens is 1. The van der Waals surface area contributed by atoms with Crippen molar-refractivity contribution in [3.63, 3.8) is 0 Å². The predicted octanol–water partition coefficient (Wildman–Crippen LogP) is 4.23. The molecule has 0 saturated carbocycles. The number of carbonyl (C=O) groups is 1. The molecular formula is C21H21NO4S. The standard InChI is InChI=1S/C21H21NO4S/c1-4-20(16-12-10-15(3)11-13-16)27(24,25)22-14-18(21(23)26-5-2)17-8-6-7-9-19(17)22/h4,6-14,20H,1,5H2,2-3H3. The van der Waals surface area contributed by atoms with Crippen LogP contribution in [0.1, 0.15) is 33.7 Å². The number of esters is 1. The number of hydrogen-bond donors (Lipinski definition) is 0. The second-order valence-electron chi connectivity index (χ2n) is 6.19. The van der Waals surface area contributed by atoms with Crippen molar-refractivity contribution in [3.8, 4) is 0 Å². The molecule has 2 aromatic carbocycles. The molecule has 0 fully saturated rings.